The lowest BCUT2D eigenvalue weighted by molar-refractivity contribution is -0.227. The molecule has 1 aromatic heterocycles. The first-order chi connectivity index (χ1) is 30.8. The molecule has 0 radical (unpaired) electrons. The first kappa shape index (κ1) is 48.1. The minimum absolute atomic E-state index is 0. The fourth-order valence-corrected chi connectivity index (χ4v) is 8.93. The van der Waals surface area contributed by atoms with Gasteiger partial charge in [-0.15, -0.1) is 24.8 Å². The average Bonchev–Trinajstić information content (AvgIpc) is 3.72. The number of rotatable bonds is 12. The molecule has 1 saturated heterocycles. The van der Waals surface area contributed by atoms with E-state index in [1.165, 1.54) is 20.7 Å². The van der Waals surface area contributed by atoms with Crippen molar-refractivity contribution in [3.8, 4) is 5.69 Å². The largest absolute Gasteiger partial charge is 0.459 e. The van der Waals surface area contributed by atoms with Crippen LogP contribution < -0.4 is 9.60 Å². The summed E-state index contributed by atoms with van der Waals surface area (Å²) in [7, 11) is 2.56. The van der Waals surface area contributed by atoms with Gasteiger partial charge in [-0.2, -0.15) is 0 Å². The predicted octanol–water partition coefficient (Wildman–Crippen LogP) is 9.49. The van der Waals surface area contributed by atoms with Gasteiger partial charge in [0.2, 0.25) is 9.60 Å². The first-order valence-corrected chi connectivity index (χ1v) is 22.1. The molecule has 1 fully saturated rings. The van der Waals surface area contributed by atoms with Crippen LogP contribution in [0.15, 0.2) is 186 Å². The van der Waals surface area contributed by atoms with Gasteiger partial charge < -0.3 is 23.7 Å². The maximum Gasteiger partial charge on any atom is 0.338 e. The van der Waals surface area contributed by atoms with E-state index in [1.54, 1.807) is 144 Å². The van der Waals surface area contributed by atoms with E-state index in [9.17, 15) is 19.2 Å². The molecule has 1 aliphatic heterocycles. The van der Waals surface area contributed by atoms with Gasteiger partial charge in [-0.3, -0.25) is 4.57 Å². The van der Waals surface area contributed by atoms with Gasteiger partial charge in [0.25, 0.3) is 0 Å². The van der Waals surface area contributed by atoms with E-state index in [4.69, 9.17) is 45.3 Å². The molecule has 1 aliphatic rings. The van der Waals surface area contributed by atoms with Gasteiger partial charge >= 0.3 is 23.9 Å². The number of carbonyl (C=O) groups is 4. The maximum absolute atomic E-state index is 14.1. The number of para-hydroxylation sites is 1. The third kappa shape index (κ3) is 12.0. The van der Waals surface area contributed by atoms with Gasteiger partial charge in [-0.1, -0.05) is 109 Å². The average molecular weight is 971 g/mol. The minimum Gasteiger partial charge on any atom is -0.459 e. The molecule has 7 aromatic rings. The second kappa shape index (κ2) is 23.0. The molecule has 6 aromatic carbocycles. The Hall–Kier alpha value is -6.39. The lowest BCUT2D eigenvalue weighted by atomic mass is 9.97. The van der Waals surface area contributed by atoms with Crippen molar-refractivity contribution in [3.63, 3.8) is 0 Å². The maximum atomic E-state index is 14.1. The van der Waals surface area contributed by atoms with Crippen LogP contribution in [0.2, 0.25) is 5.02 Å². The molecule has 0 amide bonds. The number of esters is 4. The first-order valence-electron chi connectivity index (χ1n) is 19.6. The Balaban J connectivity index is 0.00000350. The van der Waals surface area contributed by atoms with Crippen LogP contribution in [0, 0.1) is 0 Å². The van der Waals surface area contributed by atoms with E-state index >= 15 is 0 Å². The van der Waals surface area contributed by atoms with Gasteiger partial charge in [0, 0.05) is 5.02 Å². The topological polar surface area (TPSA) is 144 Å². The van der Waals surface area contributed by atoms with Crippen molar-refractivity contribution < 1.29 is 42.9 Å². The number of benzene rings is 6. The smallest absolute Gasteiger partial charge is 0.338 e. The highest BCUT2D eigenvalue weighted by molar-refractivity contribution is 7.67. The third-order valence-electron chi connectivity index (χ3n) is 9.61. The number of carbonyl (C=O) groups excluding carboxylic acids is 4. The normalized spacial score (nSPS) is 18.3. The zero-order chi connectivity index (χ0) is 43.5. The zero-order valence-corrected chi connectivity index (χ0v) is 37.9. The molecule has 0 N–H and O–H groups in total. The highest BCUT2D eigenvalue weighted by atomic mass is 35.5. The van der Waals surface area contributed by atoms with E-state index < -0.39 is 61.1 Å². The van der Waals surface area contributed by atoms with E-state index in [-0.39, 0.29) is 47.1 Å². The molecule has 12 nitrogen and oxygen atoms in total. The Bertz CT molecular complexity index is 2830. The Labute approximate surface area is 397 Å². The van der Waals surface area contributed by atoms with E-state index in [2.05, 4.69) is 0 Å². The summed E-state index contributed by atoms with van der Waals surface area (Å²) in [5.41, 5.74) is 2.05. The lowest BCUT2D eigenvalue weighted by Gasteiger charge is -2.43. The van der Waals surface area contributed by atoms with Crippen molar-refractivity contribution >= 4 is 86.7 Å². The number of hydrogen-bond acceptors (Lipinski definition) is 13. The van der Waals surface area contributed by atoms with Crippen LogP contribution >= 0.6 is 57.1 Å². The van der Waals surface area contributed by atoms with Gasteiger partial charge in [-0.25, -0.2) is 29.2 Å². The van der Waals surface area contributed by atoms with Gasteiger partial charge in [0.1, 0.15) is 12.7 Å². The van der Waals surface area contributed by atoms with Crippen LogP contribution in [0.3, 0.4) is 0 Å². The summed E-state index contributed by atoms with van der Waals surface area (Å²) in [6, 6.07) is 49.3. The summed E-state index contributed by atoms with van der Waals surface area (Å²) in [5.74, 6) is -3.12. The molecule has 17 heteroatoms. The Morgan fingerprint density at radius 3 is 1.49 bits per heavy atom. The SMILES string of the molecule is Cl.Cl.O=C(OC[C@H]1O[C@@H](/N=c2\ssc(=Nc3ccccc3)n2-c2cccc(Cl)c2)[C@H](OC(=O)c2ccccc2)[C@@H](OC(=O)c2ccccc2)[C@@H]1OC(=O)c1ccccc1)c1ccccc1. The van der Waals surface area contributed by atoms with Crippen LogP contribution in [-0.2, 0) is 23.7 Å². The fraction of sp³-hybridized carbons (Fsp3) is 0.125. The molecule has 65 heavy (non-hydrogen) atoms. The van der Waals surface area contributed by atoms with Gasteiger partial charge in [-0.05, 0) is 99.5 Å². The molecular formula is C48H38Cl3N3O9S2. The number of halogens is 3. The molecule has 2 heterocycles. The molecule has 332 valence electrons. The van der Waals surface area contributed by atoms with E-state index in [0.717, 1.165) is 0 Å². The van der Waals surface area contributed by atoms with Crippen LogP contribution in [0.4, 0.5) is 5.69 Å². The quantitative estimate of drug-likeness (QED) is 0.0665. The standard InChI is InChI=1S/C48H36ClN3O9S2.2ClH/c49-35-25-16-28-37(29-35)52-47(50-36-26-14-5-15-27-36)62-63-48(52)51-42-41(61-46(56)34-23-12-4-13-24-34)40(60-45(55)33-21-10-3-11-22-33)39(59-44(54)32-19-8-2-9-20-32)38(58-42)30-57-43(53)31-17-6-1-7-18-31;;/h1-29,38-42H,30H2;2*1H/b50-47?,51-48-;;/t38-,39-,40+,41-,42-;;/m1../s1. The van der Waals surface area contributed by atoms with Crippen molar-refractivity contribution in [3.05, 3.63) is 213 Å². The highest BCUT2D eigenvalue weighted by Gasteiger charge is 2.53. The predicted molar refractivity (Wildman–Crippen MR) is 251 cm³/mol. The number of aromatic nitrogens is 1. The Morgan fingerprint density at radius 2 is 0.985 bits per heavy atom. The summed E-state index contributed by atoms with van der Waals surface area (Å²) in [4.78, 5) is 66.4. The molecule has 0 bridgehead atoms. The van der Waals surface area contributed by atoms with Crippen molar-refractivity contribution in [2.24, 2.45) is 9.98 Å². The van der Waals surface area contributed by atoms with Crippen LogP contribution in [0.25, 0.3) is 5.69 Å². The molecule has 0 aliphatic carbocycles. The molecule has 0 unspecified atom stereocenters. The van der Waals surface area contributed by atoms with Crippen molar-refractivity contribution in [1.29, 1.82) is 0 Å². The zero-order valence-electron chi connectivity index (χ0n) is 33.9. The van der Waals surface area contributed by atoms with Gasteiger partial charge in [0.15, 0.2) is 24.5 Å². The molecule has 0 spiro atoms. The monoisotopic (exact) mass is 969 g/mol. The summed E-state index contributed by atoms with van der Waals surface area (Å²) < 4.78 is 33.0. The summed E-state index contributed by atoms with van der Waals surface area (Å²) in [6.07, 6.45) is -7.48. The second-order valence-electron chi connectivity index (χ2n) is 13.9. The molecule has 8 rings (SSSR count). The summed E-state index contributed by atoms with van der Waals surface area (Å²) >= 11 is 6.52. The third-order valence-corrected chi connectivity index (χ3v) is 11.9. The van der Waals surface area contributed by atoms with E-state index in [0.29, 0.717) is 26.0 Å². The Morgan fingerprint density at radius 1 is 0.538 bits per heavy atom. The summed E-state index contributed by atoms with van der Waals surface area (Å²) in [6.45, 7) is -0.499. The van der Waals surface area contributed by atoms with Crippen molar-refractivity contribution in [1.82, 2.24) is 4.57 Å². The van der Waals surface area contributed by atoms with E-state index in [1.807, 2.05) is 36.4 Å². The van der Waals surface area contributed by atoms with Crippen LogP contribution in [0.1, 0.15) is 41.4 Å². The summed E-state index contributed by atoms with van der Waals surface area (Å²) in [5, 5.41) is 0.452. The van der Waals surface area contributed by atoms with Crippen LogP contribution in [-0.4, -0.2) is 65.7 Å². The Kier molecular flexibility index (Phi) is 17.0. The number of hydrogen-bond donors (Lipinski definition) is 0. The lowest BCUT2D eigenvalue weighted by Crippen LogP contribution is -2.62. The molecular weight excluding hydrogens is 933 g/mol. The fourth-order valence-electron chi connectivity index (χ4n) is 6.58. The second-order valence-corrected chi connectivity index (χ2v) is 16.4. The van der Waals surface area contributed by atoms with Crippen molar-refractivity contribution in [2.45, 2.75) is 30.6 Å². The highest BCUT2D eigenvalue weighted by Crippen LogP contribution is 2.32. The molecule has 0 saturated carbocycles. The van der Waals surface area contributed by atoms with Crippen molar-refractivity contribution in [2.75, 3.05) is 6.61 Å². The number of ether oxygens (including phenoxy) is 5. The van der Waals surface area contributed by atoms with Crippen LogP contribution in [0.5, 0.6) is 0 Å². The minimum atomic E-state index is -1.59. The van der Waals surface area contributed by atoms with Gasteiger partial charge in [0.05, 0.1) is 33.6 Å². The number of nitrogens with zero attached hydrogens (tertiary/aromatic N) is 3. The molecule has 5 atom stereocenters.